The summed E-state index contributed by atoms with van der Waals surface area (Å²) in [5.74, 6) is 1.97. The Morgan fingerprint density at radius 1 is 1.32 bits per heavy atom. The largest absolute Gasteiger partial charge is 0.489 e. The number of likely N-dealkylation sites (tertiary alicyclic amines) is 1. The van der Waals surface area contributed by atoms with Crippen LogP contribution in [0.1, 0.15) is 52.8 Å². The first-order chi connectivity index (χ1) is 15.0. The Balaban J connectivity index is 1.33. The lowest BCUT2D eigenvalue weighted by Crippen LogP contribution is -2.32. The molecule has 1 aromatic carbocycles. The average molecular weight is 441 g/mol. The van der Waals surface area contributed by atoms with Gasteiger partial charge in [-0.25, -0.2) is 4.98 Å². The first-order valence-electron chi connectivity index (χ1n) is 10.6. The summed E-state index contributed by atoms with van der Waals surface area (Å²) in [4.78, 5) is 19.7. The van der Waals surface area contributed by atoms with E-state index < -0.39 is 0 Å². The fourth-order valence-corrected chi connectivity index (χ4v) is 4.34. The van der Waals surface area contributed by atoms with Crippen LogP contribution in [-0.4, -0.2) is 34.0 Å². The molecule has 0 saturated carbocycles. The predicted molar refractivity (Wildman–Crippen MR) is 120 cm³/mol. The standard InChI is InChI=1S/C23H28N4O3S/c1-15-7-9-27(10-8-15)12-19-14-31-23(24-19)25-22(28)18-5-4-6-20(11-18)29-13-21-16(2)26-30-17(21)3/h4-6,11,14-15H,7-10,12-13H2,1-3H3,(H,24,25,28). The number of anilines is 1. The van der Waals surface area contributed by atoms with Crippen LogP contribution in [0.2, 0.25) is 0 Å². The molecule has 7 nitrogen and oxygen atoms in total. The first kappa shape index (κ1) is 21.5. The van der Waals surface area contributed by atoms with E-state index in [1.165, 1.54) is 24.2 Å². The first-order valence-corrected chi connectivity index (χ1v) is 11.5. The predicted octanol–water partition coefficient (Wildman–Crippen LogP) is 4.81. The molecule has 2 aromatic heterocycles. The fraction of sp³-hybridized carbons (Fsp3) is 0.435. The molecule has 1 N–H and O–H groups in total. The van der Waals surface area contributed by atoms with Gasteiger partial charge in [0.25, 0.3) is 5.91 Å². The molecule has 3 aromatic rings. The number of carbonyl (C=O) groups is 1. The van der Waals surface area contributed by atoms with Gasteiger partial charge in [-0.05, 0) is 63.9 Å². The molecule has 1 saturated heterocycles. The minimum atomic E-state index is -0.199. The van der Waals surface area contributed by atoms with Crippen molar-refractivity contribution in [1.29, 1.82) is 0 Å². The van der Waals surface area contributed by atoms with Gasteiger partial charge in [-0.1, -0.05) is 18.1 Å². The number of benzene rings is 1. The highest BCUT2D eigenvalue weighted by Crippen LogP contribution is 2.23. The van der Waals surface area contributed by atoms with Gasteiger partial charge < -0.3 is 9.26 Å². The zero-order valence-electron chi connectivity index (χ0n) is 18.2. The van der Waals surface area contributed by atoms with Crippen molar-refractivity contribution in [2.75, 3.05) is 18.4 Å². The minimum absolute atomic E-state index is 0.199. The molecular formula is C23H28N4O3S. The van der Waals surface area contributed by atoms with Crippen LogP contribution < -0.4 is 10.1 Å². The summed E-state index contributed by atoms with van der Waals surface area (Å²) in [6.07, 6.45) is 2.48. The number of aromatic nitrogens is 2. The van der Waals surface area contributed by atoms with E-state index >= 15 is 0 Å². The lowest BCUT2D eigenvalue weighted by Gasteiger charge is -2.29. The molecule has 1 aliphatic heterocycles. The van der Waals surface area contributed by atoms with Crippen LogP contribution in [0.25, 0.3) is 0 Å². The number of amides is 1. The number of thiazole rings is 1. The molecule has 0 spiro atoms. The average Bonchev–Trinajstić information content (AvgIpc) is 3.34. The van der Waals surface area contributed by atoms with Gasteiger partial charge in [0.1, 0.15) is 18.1 Å². The summed E-state index contributed by atoms with van der Waals surface area (Å²) in [6.45, 7) is 9.46. The van der Waals surface area contributed by atoms with Crippen molar-refractivity contribution in [2.24, 2.45) is 5.92 Å². The number of rotatable bonds is 7. The van der Waals surface area contributed by atoms with Crippen LogP contribution in [0, 0.1) is 19.8 Å². The number of nitrogens with one attached hydrogen (secondary N) is 1. The highest BCUT2D eigenvalue weighted by atomic mass is 32.1. The highest BCUT2D eigenvalue weighted by Gasteiger charge is 2.17. The molecule has 0 aliphatic carbocycles. The van der Waals surface area contributed by atoms with E-state index in [9.17, 15) is 4.79 Å². The quantitative estimate of drug-likeness (QED) is 0.568. The van der Waals surface area contributed by atoms with Crippen molar-refractivity contribution in [3.63, 3.8) is 0 Å². The summed E-state index contributed by atoms with van der Waals surface area (Å²) in [5, 5.41) is 9.49. The van der Waals surface area contributed by atoms with Crippen molar-refractivity contribution >= 4 is 22.4 Å². The van der Waals surface area contributed by atoms with Gasteiger partial charge in [-0.2, -0.15) is 0 Å². The third-order valence-corrected chi connectivity index (χ3v) is 6.50. The number of ether oxygens (including phenoxy) is 1. The van der Waals surface area contributed by atoms with Gasteiger partial charge in [0, 0.05) is 17.5 Å². The fourth-order valence-electron chi connectivity index (χ4n) is 3.65. The van der Waals surface area contributed by atoms with Crippen molar-refractivity contribution < 1.29 is 14.1 Å². The van der Waals surface area contributed by atoms with Crippen LogP contribution in [0.3, 0.4) is 0 Å². The molecule has 0 radical (unpaired) electrons. The Labute approximate surface area is 186 Å². The second-order valence-corrected chi connectivity index (χ2v) is 9.03. The number of nitrogens with zero attached hydrogens (tertiary/aromatic N) is 3. The summed E-state index contributed by atoms with van der Waals surface area (Å²) in [5.41, 5.74) is 3.27. The maximum atomic E-state index is 12.7. The monoisotopic (exact) mass is 440 g/mol. The summed E-state index contributed by atoms with van der Waals surface area (Å²) in [7, 11) is 0. The second kappa shape index (κ2) is 9.62. The van der Waals surface area contributed by atoms with Crippen LogP contribution in [0.4, 0.5) is 5.13 Å². The minimum Gasteiger partial charge on any atom is -0.489 e. The number of piperidine rings is 1. The Morgan fingerprint density at radius 3 is 2.87 bits per heavy atom. The lowest BCUT2D eigenvalue weighted by atomic mass is 9.99. The molecule has 164 valence electrons. The van der Waals surface area contributed by atoms with E-state index in [1.807, 2.05) is 31.4 Å². The third-order valence-electron chi connectivity index (χ3n) is 5.69. The van der Waals surface area contributed by atoms with Crippen molar-refractivity contribution in [3.8, 4) is 5.75 Å². The van der Waals surface area contributed by atoms with Gasteiger partial charge in [0.15, 0.2) is 5.13 Å². The number of hydrogen-bond donors (Lipinski definition) is 1. The van der Waals surface area contributed by atoms with Crippen LogP contribution >= 0.6 is 11.3 Å². The zero-order chi connectivity index (χ0) is 21.8. The number of hydrogen-bond acceptors (Lipinski definition) is 7. The van der Waals surface area contributed by atoms with Crippen LogP contribution in [0.5, 0.6) is 5.75 Å². The van der Waals surface area contributed by atoms with E-state index in [4.69, 9.17) is 9.26 Å². The Kier molecular flexibility index (Phi) is 6.67. The van der Waals surface area contributed by atoms with Gasteiger partial charge in [0.2, 0.25) is 0 Å². The van der Waals surface area contributed by atoms with Gasteiger partial charge in [0.05, 0.1) is 17.0 Å². The molecule has 8 heteroatoms. The van der Waals surface area contributed by atoms with E-state index in [0.29, 0.717) is 23.1 Å². The van der Waals surface area contributed by atoms with Crippen molar-refractivity contribution in [3.05, 3.63) is 57.9 Å². The lowest BCUT2D eigenvalue weighted by molar-refractivity contribution is 0.102. The maximum absolute atomic E-state index is 12.7. The van der Waals surface area contributed by atoms with Gasteiger partial charge >= 0.3 is 0 Å². The molecule has 3 heterocycles. The van der Waals surface area contributed by atoms with Gasteiger partial charge in [-0.15, -0.1) is 11.3 Å². The third kappa shape index (κ3) is 5.51. The highest BCUT2D eigenvalue weighted by molar-refractivity contribution is 7.13. The zero-order valence-corrected chi connectivity index (χ0v) is 19.0. The van der Waals surface area contributed by atoms with Gasteiger partial charge in [-0.3, -0.25) is 15.0 Å². The topological polar surface area (TPSA) is 80.5 Å². The van der Waals surface area contributed by atoms with Crippen molar-refractivity contribution in [1.82, 2.24) is 15.0 Å². The molecule has 1 amide bonds. The normalized spacial score (nSPS) is 15.2. The molecule has 31 heavy (non-hydrogen) atoms. The second-order valence-electron chi connectivity index (χ2n) is 8.18. The summed E-state index contributed by atoms with van der Waals surface area (Å²) in [6, 6.07) is 7.14. The SMILES string of the molecule is Cc1noc(C)c1COc1cccc(C(=O)Nc2nc(CN3CCC(C)CC3)cs2)c1. The van der Waals surface area contributed by atoms with Crippen LogP contribution in [0.15, 0.2) is 34.2 Å². The van der Waals surface area contributed by atoms with Crippen molar-refractivity contribution in [2.45, 2.75) is 46.8 Å². The molecule has 0 unspecified atom stereocenters. The summed E-state index contributed by atoms with van der Waals surface area (Å²) >= 11 is 1.46. The smallest absolute Gasteiger partial charge is 0.257 e. The maximum Gasteiger partial charge on any atom is 0.257 e. The Hall–Kier alpha value is -2.71. The van der Waals surface area contributed by atoms with E-state index in [1.54, 1.807) is 12.1 Å². The molecule has 0 bridgehead atoms. The summed E-state index contributed by atoms with van der Waals surface area (Å²) < 4.78 is 11.0. The van der Waals surface area contributed by atoms with E-state index in [-0.39, 0.29) is 5.91 Å². The number of carbonyl (C=O) groups excluding carboxylic acids is 1. The molecule has 1 fully saturated rings. The van der Waals surface area contributed by atoms with E-state index in [0.717, 1.165) is 48.3 Å². The molecule has 0 atom stereocenters. The van der Waals surface area contributed by atoms with E-state index in [2.05, 4.69) is 27.3 Å². The molecule has 4 rings (SSSR count). The molecular weight excluding hydrogens is 412 g/mol. The van der Waals surface area contributed by atoms with Crippen LogP contribution in [-0.2, 0) is 13.2 Å². The molecule has 1 aliphatic rings. The Bertz CT molecular complexity index is 1020. The number of aryl methyl sites for hydroxylation is 2. The Morgan fingerprint density at radius 2 is 2.13 bits per heavy atom.